The fraction of sp³-hybridized carbons (Fsp3) is 0.429. The van der Waals surface area contributed by atoms with Crippen molar-refractivity contribution in [3.05, 3.63) is 53.7 Å². The molecule has 0 spiro atoms. The predicted octanol–water partition coefficient (Wildman–Crippen LogP) is 3.39. The molecule has 5 heteroatoms. The van der Waals surface area contributed by atoms with Gasteiger partial charge in [0.05, 0.1) is 0 Å². The summed E-state index contributed by atoms with van der Waals surface area (Å²) in [7, 11) is 0. The fourth-order valence-electron chi connectivity index (χ4n) is 4.09. The van der Waals surface area contributed by atoms with Gasteiger partial charge in [-0.2, -0.15) is 0 Å². The van der Waals surface area contributed by atoms with E-state index < -0.39 is 0 Å². The third-order valence-electron chi connectivity index (χ3n) is 5.70. The first-order valence-corrected chi connectivity index (χ1v) is 9.35. The van der Waals surface area contributed by atoms with Crippen LogP contribution in [0.3, 0.4) is 0 Å². The van der Waals surface area contributed by atoms with Crippen LogP contribution in [0.1, 0.15) is 35.7 Å². The molecule has 3 aliphatic rings. The second kappa shape index (κ2) is 7.08. The number of piperidine rings is 3. The van der Waals surface area contributed by atoms with Crippen molar-refractivity contribution in [2.45, 2.75) is 38.8 Å². The van der Waals surface area contributed by atoms with Crippen molar-refractivity contribution in [3.63, 3.8) is 0 Å². The number of fused-ring (bicyclic) bond motifs is 3. The third-order valence-corrected chi connectivity index (χ3v) is 5.70. The van der Waals surface area contributed by atoms with Crippen molar-refractivity contribution in [1.29, 1.82) is 0 Å². The second-order valence-electron chi connectivity index (χ2n) is 7.41. The average molecular weight is 351 g/mol. The van der Waals surface area contributed by atoms with Crippen LogP contribution in [0.4, 0.5) is 0 Å². The minimum atomic E-state index is -0.00406. The lowest BCUT2D eigenvalue weighted by molar-refractivity contribution is 0.0217. The van der Waals surface area contributed by atoms with E-state index in [4.69, 9.17) is 4.74 Å². The van der Waals surface area contributed by atoms with Gasteiger partial charge in [0.25, 0.3) is 5.91 Å². The number of pyridine rings is 1. The van der Waals surface area contributed by atoms with Gasteiger partial charge in [0.2, 0.25) is 5.88 Å². The molecular formula is C21H25N3O2. The maximum Gasteiger partial charge on any atom is 0.251 e. The zero-order valence-electron chi connectivity index (χ0n) is 15.3. The van der Waals surface area contributed by atoms with Crippen LogP contribution in [0.15, 0.2) is 42.6 Å². The number of hydrogen-bond donors (Lipinski definition) is 1. The quantitative estimate of drug-likeness (QED) is 0.917. The highest BCUT2D eigenvalue weighted by atomic mass is 16.5. The number of benzene rings is 1. The largest absolute Gasteiger partial charge is 0.439 e. The number of carbonyl (C=O) groups excluding carboxylic acids is 1. The standard InChI is InChI=1S/C21H25N3O2/c1-14-3-8-19(22-13-14)26-18-6-4-17(5-7-18)21(25)23-20-15(2)24-11-9-16(20)10-12-24/h3-8,13,15-16,20H,9-12H2,1-2H3,(H,23,25)/t15-,20-/m0/s1. The highest BCUT2D eigenvalue weighted by Crippen LogP contribution is 2.32. The highest BCUT2D eigenvalue weighted by Gasteiger charge is 2.40. The summed E-state index contributed by atoms with van der Waals surface area (Å²) in [6.07, 6.45) is 4.14. The Labute approximate surface area is 154 Å². The van der Waals surface area contributed by atoms with E-state index >= 15 is 0 Å². The van der Waals surface area contributed by atoms with E-state index in [0.29, 0.717) is 29.2 Å². The van der Waals surface area contributed by atoms with Gasteiger partial charge in [-0.3, -0.25) is 9.69 Å². The molecule has 2 aromatic rings. The summed E-state index contributed by atoms with van der Waals surface area (Å²) in [6, 6.07) is 11.7. The van der Waals surface area contributed by atoms with Gasteiger partial charge in [-0.15, -0.1) is 0 Å². The lowest BCUT2D eigenvalue weighted by Crippen LogP contribution is -2.62. The first-order valence-electron chi connectivity index (χ1n) is 9.35. The molecular weight excluding hydrogens is 326 g/mol. The van der Waals surface area contributed by atoms with Crippen molar-refractivity contribution in [1.82, 2.24) is 15.2 Å². The molecule has 0 radical (unpaired) electrons. The van der Waals surface area contributed by atoms with Crippen molar-refractivity contribution < 1.29 is 9.53 Å². The molecule has 3 saturated heterocycles. The van der Waals surface area contributed by atoms with Crippen LogP contribution in [0.25, 0.3) is 0 Å². The van der Waals surface area contributed by atoms with Crippen molar-refractivity contribution in [2.24, 2.45) is 5.92 Å². The van der Waals surface area contributed by atoms with Gasteiger partial charge >= 0.3 is 0 Å². The van der Waals surface area contributed by atoms with E-state index in [1.54, 1.807) is 6.20 Å². The zero-order valence-corrected chi connectivity index (χ0v) is 15.3. The smallest absolute Gasteiger partial charge is 0.251 e. The Bertz CT molecular complexity index is 763. The van der Waals surface area contributed by atoms with Crippen LogP contribution in [-0.2, 0) is 0 Å². The Balaban J connectivity index is 1.40. The maximum absolute atomic E-state index is 12.7. The zero-order chi connectivity index (χ0) is 18.1. The molecule has 3 fully saturated rings. The number of hydrogen-bond acceptors (Lipinski definition) is 4. The molecule has 0 unspecified atom stereocenters. The first-order chi connectivity index (χ1) is 12.6. The van der Waals surface area contributed by atoms with Gasteiger partial charge in [0, 0.05) is 29.9 Å². The van der Waals surface area contributed by atoms with Gasteiger partial charge in [0.15, 0.2) is 0 Å². The Morgan fingerprint density at radius 1 is 1.15 bits per heavy atom. The van der Waals surface area contributed by atoms with Gasteiger partial charge < -0.3 is 10.1 Å². The number of nitrogens with zero attached hydrogens (tertiary/aromatic N) is 2. The molecule has 136 valence electrons. The lowest BCUT2D eigenvalue weighted by atomic mass is 9.79. The van der Waals surface area contributed by atoms with E-state index in [1.165, 1.54) is 12.8 Å². The predicted molar refractivity (Wildman–Crippen MR) is 101 cm³/mol. The Kier molecular flexibility index (Phi) is 4.64. The molecule has 5 nitrogen and oxygen atoms in total. The van der Waals surface area contributed by atoms with Crippen LogP contribution in [-0.4, -0.2) is 41.0 Å². The summed E-state index contributed by atoms with van der Waals surface area (Å²) in [6.45, 7) is 6.54. The molecule has 2 bridgehead atoms. The van der Waals surface area contributed by atoms with Gasteiger partial charge in [-0.25, -0.2) is 4.98 Å². The number of carbonyl (C=O) groups is 1. The first kappa shape index (κ1) is 17.0. The number of aromatic nitrogens is 1. The topological polar surface area (TPSA) is 54.5 Å². The molecule has 1 amide bonds. The van der Waals surface area contributed by atoms with E-state index in [2.05, 4.69) is 22.1 Å². The van der Waals surface area contributed by atoms with Crippen molar-refractivity contribution in [3.8, 4) is 11.6 Å². The second-order valence-corrected chi connectivity index (χ2v) is 7.41. The highest BCUT2D eigenvalue weighted by molar-refractivity contribution is 5.94. The minimum absolute atomic E-state index is 0.00406. The summed E-state index contributed by atoms with van der Waals surface area (Å²) in [5.41, 5.74) is 1.75. The summed E-state index contributed by atoms with van der Waals surface area (Å²) in [5, 5.41) is 3.26. The number of ether oxygens (including phenoxy) is 1. The molecule has 2 atom stereocenters. The summed E-state index contributed by atoms with van der Waals surface area (Å²) in [5.74, 6) is 1.83. The number of nitrogens with one attached hydrogen (secondary N) is 1. The van der Waals surface area contributed by atoms with Crippen molar-refractivity contribution >= 4 is 5.91 Å². The number of rotatable bonds is 4. The van der Waals surface area contributed by atoms with Gasteiger partial charge in [-0.1, -0.05) is 6.07 Å². The van der Waals surface area contributed by atoms with Gasteiger partial charge in [0.1, 0.15) is 5.75 Å². The SMILES string of the molecule is Cc1ccc(Oc2ccc(C(=O)N[C@@H]3C4CCN(CC4)[C@H]3C)cc2)nc1. The van der Waals surface area contributed by atoms with Crippen LogP contribution < -0.4 is 10.1 Å². The molecule has 26 heavy (non-hydrogen) atoms. The monoisotopic (exact) mass is 351 g/mol. The lowest BCUT2D eigenvalue weighted by Gasteiger charge is -2.49. The number of aryl methyl sites for hydroxylation is 1. The average Bonchev–Trinajstić information content (AvgIpc) is 2.67. The van der Waals surface area contributed by atoms with E-state index in [1.807, 2.05) is 43.3 Å². The van der Waals surface area contributed by atoms with E-state index in [9.17, 15) is 4.79 Å². The summed E-state index contributed by atoms with van der Waals surface area (Å²) >= 11 is 0. The van der Waals surface area contributed by atoms with E-state index in [-0.39, 0.29) is 11.9 Å². The van der Waals surface area contributed by atoms with Crippen molar-refractivity contribution in [2.75, 3.05) is 13.1 Å². The summed E-state index contributed by atoms with van der Waals surface area (Å²) in [4.78, 5) is 19.4. The molecule has 1 N–H and O–H groups in total. The van der Waals surface area contributed by atoms with Crippen LogP contribution in [0.2, 0.25) is 0 Å². The Hall–Kier alpha value is -2.40. The molecule has 3 aliphatic heterocycles. The fourth-order valence-corrected chi connectivity index (χ4v) is 4.09. The molecule has 1 aromatic heterocycles. The van der Waals surface area contributed by atoms with Gasteiger partial charge in [-0.05, 0) is 75.5 Å². The van der Waals surface area contributed by atoms with E-state index in [0.717, 1.165) is 18.7 Å². The van der Waals surface area contributed by atoms with Crippen LogP contribution in [0.5, 0.6) is 11.6 Å². The van der Waals surface area contributed by atoms with Crippen LogP contribution in [0, 0.1) is 12.8 Å². The molecule has 0 saturated carbocycles. The number of amides is 1. The third kappa shape index (κ3) is 3.44. The molecule has 5 rings (SSSR count). The summed E-state index contributed by atoms with van der Waals surface area (Å²) < 4.78 is 5.73. The molecule has 1 aromatic carbocycles. The molecule has 4 heterocycles. The minimum Gasteiger partial charge on any atom is -0.439 e. The maximum atomic E-state index is 12.7. The normalized spacial score (nSPS) is 27.2. The molecule has 0 aliphatic carbocycles. The Morgan fingerprint density at radius 3 is 2.50 bits per heavy atom. The van der Waals surface area contributed by atoms with Crippen LogP contribution >= 0.6 is 0 Å². The Morgan fingerprint density at radius 2 is 1.88 bits per heavy atom.